The van der Waals surface area contributed by atoms with E-state index in [1.54, 1.807) is 0 Å². The van der Waals surface area contributed by atoms with Gasteiger partial charge in [0.1, 0.15) is 0 Å². The van der Waals surface area contributed by atoms with Crippen LogP contribution in [0.4, 0.5) is 0 Å². The molecule has 0 radical (unpaired) electrons. The lowest BCUT2D eigenvalue weighted by Gasteiger charge is -2.06. The Labute approximate surface area is 107 Å². The van der Waals surface area contributed by atoms with Gasteiger partial charge in [0, 0.05) is 24.7 Å². The van der Waals surface area contributed by atoms with E-state index in [0.29, 0.717) is 6.61 Å². The van der Waals surface area contributed by atoms with Crippen molar-refractivity contribution in [2.45, 2.75) is 32.2 Å². The summed E-state index contributed by atoms with van der Waals surface area (Å²) in [7, 11) is 0. The summed E-state index contributed by atoms with van der Waals surface area (Å²) in [5.41, 5.74) is 1.14. The molecule has 1 heterocycles. The summed E-state index contributed by atoms with van der Waals surface area (Å²) >= 11 is 6.21. The first-order valence-corrected chi connectivity index (χ1v) is 6.55. The highest BCUT2D eigenvalue weighted by molar-refractivity contribution is 6.35. The maximum absolute atomic E-state index is 8.70. The molecule has 2 rings (SSSR count). The summed E-state index contributed by atoms with van der Waals surface area (Å²) < 4.78 is 2.22. The summed E-state index contributed by atoms with van der Waals surface area (Å²) in [5, 5.41) is 10.7. The maximum Gasteiger partial charge on any atom is 0.0669 e. The number of rotatable bonds is 6. The Balaban J connectivity index is 1.99. The lowest BCUT2D eigenvalue weighted by atomic mass is 10.2. The summed E-state index contributed by atoms with van der Waals surface area (Å²) in [4.78, 5) is 0. The Bertz CT molecular complexity index is 478. The van der Waals surface area contributed by atoms with Crippen molar-refractivity contribution in [3.8, 4) is 0 Å². The number of para-hydroxylation sites is 1. The average molecular weight is 252 g/mol. The summed E-state index contributed by atoms with van der Waals surface area (Å²) in [6, 6.07) is 8.11. The Morgan fingerprint density at radius 3 is 2.71 bits per heavy atom. The molecule has 0 aliphatic heterocycles. The molecule has 0 saturated carbocycles. The number of halogens is 1. The van der Waals surface area contributed by atoms with Crippen LogP contribution < -0.4 is 0 Å². The fraction of sp³-hybridized carbons (Fsp3) is 0.429. The van der Waals surface area contributed by atoms with Gasteiger partial charge < -0.3 is 9.67 Å². The Morgan fingerprint density at radius 2 is 1.88 bits per heavy atom. The number of hydrogen-bond acceptors (Lipinski definition) is 1. The standard InChI is InChI=1S/C14H18ClNO/c15-13-7-5-6-12-8-10-16(14(12)13)9-3-1-2-4-11-17/h5-8,10,17H,1-4,9,11H2. The van der Waals surface area contributed by atoms with Gasteiger partial charge in [-0.05, 0) is 25.0 Å². The minimum atomic E-state index is 0.304. The Hall–Kier alpha value is -0.990. The highest BCUT2D eigenvalue weighted by atomic mass is 35.5. The molecular weight excluding hydrogens is 234 g/mol. The van der Waals surface area contributed by atoms with Gasteiger partial charge in [-0.25, -0.2) is 0 Å². The van der Waals surface area contributed by atoms with E-state index in [-0.39, 0.29) is 0 Å². The zero-order chi connectivity index (χ0) is 12.1. The smallest absolute Gasteiger partial charge is 0.0669 e. The normalized spacial score (nSPS) is 11.2. The van der Waals surface area contributed by atoms with Crippen LogP contribution in [-0.2, 0) is 6.54 Å². The van der Waals surface area contributed by atoms with Crippen molar-refractivity contribution in [2.24, 2.45) is 0 Å². The molecule has 92 valence electrons. The van der Waals surface area contributed by atoms with Gasteiger partial charge in [0.2, 0.25) is 0 Å². The van der Waals surface area contributed by atoms with Crippen molar-refractivity contribution < 1.29 is 5.11 Å². The Kier molecular flexibility index (Phi) is 4.46. The molecule has 0 unspecified atom stereocenters. The van der Waals surface area contributed by atoms with Gasteiger partial charge in [-0.15, -0.1) is 0 Å². The minimum Gasteiger partial charge on any atom is -0.396 e. The zero-order valence-electron chi connectivity index (χ0n) is 9.90. The number of aliphatic hydroxyl groups is 1. The van der Waals surface area contributed by atoms with E-state index in [0.717, 1.165) is 42.8 Å². The zero-order valence-corrected chi connectivity index (χ0v) is 10.7. The van der Waals surface area contributed by atoms with Crippen LogP contribution in [0.15, 0.2) is 30.5 Å². The maximum atomic E-state index is 8.70. The van der Waals surface area contributed by atoms with Crippen LogP contribution >= 0.6 is 11.6 Å². The second-order valence-corrected chi connectivity index (χ2v) is 4.73. The van der Waals surface area contributed by atoms with E-state index in [4.69, 9.17) is 16.7 Å². The monoisotopic (exact) mass is 251 g/mol. The number of aliphatic hydroxyl groups excluding tert-OH is 1. The predicted octanol–water partition coefficient (Wildman–Crippen LogP) is 3.85. The average Bonchev–Trinajstić information content (AvgIpc) is 2.74. The molecule has 2 aromatic rings. The van der Waals surface area contributed by atoms with Crippen LogP contribution in [0.2, 0.25) is 5.02 Å². The molecule has 0 aliphatic rings. The number of aryl methyl sites for hydroxylation is 1. The summed E-state index contributed by atoms with van der Waals surface area (Å²) in [6.07, 6.45) is 6.40. The number of benzene rings is 1. The van der Waals surface area contributed by atoms with Crippen LogP contribution in [-0.4, -0.2) is 16.3 Å². The van der Waals surface area contributed by atoms with E-state index in [9.17, 15) is 0 Å². The topological polar surface area (TPSA) is 25.2 Å². The fourth-order valence-corrected chi connectivity index (χ4v) is 2.44. The number of aromatic nitrogens is 1. The molecule has 0 spiro atoms. The molecule has 1 N–H and O–H groups in total. The predicted molar refractivity (Wildman–Crippen MR) is 72.5 cm³/mol. The van der Waals surface area contributed by atoms with Crippen molar-refractivity contribution in [1.29, 1.82) is 0 Å². The van der Waals surface area contributed by atoms with Crippen molar-refractivity contribution in [3.05, 3.63) is 35.5 Å². The molecule has 0 amide bonds. The molecule has 0 fully saturated rings. The number of unbranched alkanes of at least 4 members (excludes halogenated alkanes) is 3. The SMILES string of the molecule is OCCCCCCn1ccc2cccc(Cl)c21. The lowest BCUT2D eigenvalue weighted by molar-refractivity contribution is 0.282. The van der Waals surface area contributed by atoms with Gasteiger partial charge in [-0.2, -0.15) is 0 Å². The highest BCUT2D eigenvalue weighted by Crippen LogP contribution is 2.24. The van der Waals surface area contributed by atoms with E-state index in [1.165, 1.54) is 5.39 Å². The van der Waals surface area contributed by atoms with Gasteiger partial charge in [-0.1, -0.05) is 36.6 Å². The lowest BCUT2D eigenvalue weighted by Crippen LogP contribution is -1.96. The molecular formula is C14H18ClNO. The van der Waals surface area contributed by atoms with Crippen LogP contribution in [0.3, 0.4) is 0 Å². The molecule has 0 bridgehead atoms. The van der Waals surface area contributed by atoms with Crippen molar-refractivity contribution in [2.75, 3.05) is 6.61 Å². The van der Waals surface area contributed by atoms with Crippen LogP contribution in [0.5, 0.6) is 0 Å². The highest BCUT2D eigenvalue weighted by Gasteiger charge is 2.04. The molecule has 0 aliphatic carbocycles. The number of hydrogen-bond donors (Lipinski definition) is 1. The van der Waals surface area contributed by atoms with Crippen LogP contribution in [0.1, 0.15) is 25.7 Å². The van der Waals surface area contributed by atoms with E-state index >= 15 is 0 Å². The molecule has 1 aromatic heterocycles. The molecule has 0 saturated heterocycles. The third kappa shape index (κ3) is 3.02. The second-order valence-electron chi connectivity index (χ2n) is 4.32. The molecule has 3 heteroatoms. The minimum absolute atomic E-state index is 0.304. The van der Waals surface area contributed by atoms with Gasteiger partial charge in [0.15, 0.2) is 0 Å². The van der Waals surface area contributed by atoms with Crippen LogP contribution in [0, 0.1) is 0 Å². The second kappa shape index (κ2) is 6.08. The third-order valence-electron chi connectivity index (χ3n) is 3.05. The Morgan fingerprint density at radius 1 is 1.06 bits per heavy atom. The first-order chi connectivity index (χ1) is 8.33. The van der Waals surface area contributed by atoms with Gasteiger partial charge in [0.25, 0.3) is 0 Å². The molecule has 0 atom stereocenters. The van der Waals surface area contributed by atoms with E-state index < -0.39 is 0 Å². The van der Waals surface area contributed by atoms with Gasteiger partial charge >= 0.3 is 0 Å². The van der Waals surface area contributed by atoms with Crippen molar-refractivity contribution >= 4 is 22.5 Å². The molecule has 2 nitrogen and oxygen atoms in total. The van der Waals surface area contributed by atoms with Gasteiger partial charge in [0.05, 0.1) is 10.5 Å². The summed E-state index contributed by atoms with van der Waals surface area (Å²) in [5.74, 6) is 0. The number of fused-ring (bicyclic) bond motifs is 1. The van der Waals surface area contributed by atoms with Crippen molar-refractivity contribution in [3.63, 3.8) is 0 Å². The van der Waals surface area contributed by atoms with E-state index in [1.807, 2.05) is 12.1 Å². The fourth-order valence-electron chi connectivity index (χ4n) is 2.15. The van der Waals surface area contributed by atoms with Gasteiger partial charge in [-0.3, -0.25) is 0 Å². The van der Waals surface area contributed by atoms with E-state index in [2.05, 4.69) is 22.9 Å². The number of nitrogens with zero attached hydrogens (tertiary/aromatic N) is 1. The van der Waals surface area contributed by atoms with Crippen molar-refractivity contribution in [1.82, 2.24) is 4.57 Å². The largest absolute Gasteiger partial charge is 0.396 e. The third-order valence-corrected chi connectivity index (χ3v) is 3.35. The summed E-state index contributed by atoms with van der Waals surface area (Å²) in [6.45, 7) is 1.30. The quantitative estimate of drug-likeness (QED) is 0.776. The van der Waals surface area contributed by atoms with Crippen LogP contribution in [0.25, 0.3) is 10.9 Å². The first-order valence-electron chi connectivity index (χ1n) is 6.17. The molecule has 1 aromatic carbocycles. The molecule has 17 heavy (non-hydrogen) atoms. The first kappa shape index (κ1) is 12.5.